The van der Waals surface area contributed by atoms with Gasteiger partial charge in [-0.2, -0.15) is 9.40 Å². The number of aromatic nitrogens is 2. The molecule has 1 aromatic heterocycles. The molecule has 222 valence electrons. The number of sulfonamides is 1. The molecule has 2 amide bonds. The molecular formula is C24H37N6O8PS. The van der Waals surface area contributed by atoms with Gasteiger partial charge in [-0.25, -0.2) is 8.42 Å². The number of nitrogens with two attached hydrogens (primary N) is 1. The predicted octanol–water partition coefficient (Wildman–Crippen LogP) is 1.87. The molecule has 3 N–H and O–H groups in total. The van der Waals surface area contributed by atoms with Crippen molar-refractivity contribution in [2.75, 3.05) is 58.6 Å². The summed E-state index contributed by atoms with van der Waals surface area (Å²) in [4.78, 5) is 27.3. The Bertz CT molecular complexity index is 1380. The van der Waals surface area contributed by atoms with Crippen molar-refractivity contribution in [2.24, 2.45) is 12.8 Å². The van der Waals surface area contributed by atoms with Gasteiger partial charge in [-0.05, 0) is 31.5 Å². The summed E-state index contributed by atoms with van der Waals surface area (Å²) in [6, 6.07) is 4.07. The van der Waals surface area contributed by atoms with Gasteiger partial charge in [-0.1, -0.05) is 13.3 Å². The Kier molecular flexibility index (Phi) is 10.5. The Balaban J connectivity index is 1.89. The smallest absolute Gasteiger partial charge is 0.344 e. The Morgan fingerprint density at radius 3 is 2.33 bits per heavy atom. The molecule has 0 bridgehead atoms. The van der Waals surface area contributed by atoms with Crippen LogP contribution in [0.3, 0.4) is 0 Å². The Morgan fingerprint density at radius 2 is 1.77 bits per heavy atom. The lowest BCUT2D eigenvalue weighted by atomic mass is 10.1. The maximum atomic E-state index is 13.5. The third kappa shape index (κ3) is 6.90. The Labute approximate surface area is 234 Å². The fraction of sp³-hybridized carbons (Fsp3) is 0.542. The second kappa shape index (κ2) is 13.2. The number of piperazine rings is 1. The number of hydrogen-bond donors (Lipinski definition) is 2. The van der Waals surface area contributed by atoms with Crippen molar-refractivity contribution in [3.05, 3.63) is 35.2 Å². The third-order valence-electron chi connectivity index (χ3n) is 6.47. The van der Waals surface area contributed by atoms with Gasteiger partial charge in [0.1, 0.15) is 17.7 Å². The summed E-state index contributed by atoms with van der Waals surface area (Å²) in [5, 5.41) is 7.02. The van der Waals surface area contributed by atoms with Crippen molar-refractivity contribution in [1.82, 2.24) is 19.0 Å². The molecule has 1 aliphatic heterocycles. The number of carbonyl (C=O) groups is 2. The molecule has 0 saturated carbocycles. The third-order valence-corrected chi connectivity index (χ3v) is 10.2. The highest BCUT2D eigenvalue weighted by atomic mass is 32.2. The number of primary amides is 1. The summed E-state index contributed by atoms with van der Waals surface area (Å²) in [5.41, 5.74) is 6.22. The average Bonchev–Trinajstić information content (AvgIpc) is 3.23. The zero-order valence-electron chi connectivity index (χ0n) is 23.4. The highest BCUT2D eigenvalue weighted by Gasteiger charge is 2.33. The zero-order chi connectivity index (χ0) is 29.7. The van der Waals surface area contributed by atoms with E-state index in [4.69, 9.17) is 19.5 Å². The highest BCUT2D eigenvalue weighted by Crippen LogP contribution is 2.46. The summed E-state index contributed by atoms with van der Waals surface area (Å²) < 4.78 is 57.7. The maximum Gasteiger partial charge on any atom is 0.344 e. The number of nitrogens with one attached hydrogen (secondary N) is 1. The van der Waals surface area contributed by atoms with E-state index >= 15 is 0 Å². The first-order valence-corrected chi connectivity index (χ1v) is 15.9. The van der Waals surface area contributed by atoms with Crippen LogP contribution in [0.4, 0.5) is 5.69 Å². The highest BCUT2D eigenvalue weighted by molar-refractivity contribution is 7.89. The topological polar surface area (TPSA) is 175 Å². The van der Waals surface area contributed by atoms with Gasteiger partial charge in [-0.3, -0.25) is 23.7 Å². The van der Waals surface area contributed by atoms with Crippen molar-refractivity contribution >= 4 is 35.1 Å². The number of carbonyl (C=O) groups excluding carboxylic acids is 2. The summed E-state index contributed by atoms with van der Waals surface area (Å²) in [6.45, 7) is 4.82. The molecule has 0 spiro atoms. The van der Waals surface area contributed by atoms with E-state index in [-0.39, 0.29) is 53.6 Å². The van der Waals surface area contributed by atoms with Gasteiger partial charge < -0.3 is 24.8 Å². The Morgan fingerprint density at radius 1 is 1.12 bits per heavy atom. The number of nitrogens with zero attached hydrogens (tertiary/aromatic N) is 4. The van der Waals surface area contributed by atoms with E-state index in [1.54, 1.807) is 14.0 Å². The molecule has 2 heterocycles. The lowest BCUT2D eigenvalue weighted by Crippen LogP contribution is -2.48. The van der Waals surface area contributed by atoms with Crippen LogP contribution in [-0.4, -0.2) is 92.5 Å². The molecule has 1 fully saturated rings. The van der Waals surface area contributed by atoms with Gasteiger partial charge in [0.15, 0.2) is 0 Å². The minimum absolute atomic E-state index is 0.0237. The number of benzene rings is 1. The van der Waals surface area contributed by atoms with Crippen LogP contribution in [0.5, 0.6) is 5.75 Å². The lowest BCUT2D eigenvalue weighted by Gasteiger charge is -2.34. The van der Waals surface area contributed by atoms with Crippen molar-refractivity contribution in [3.63, 3.8) is 0 Å². The first kappa shape index (κ1) is 31.7. The first-order valence-electron chi connectivity index (χ1n) is 12.8. The van der Waals surface area contributed by atoms with Crippen LogP contribution >= 0.6 is 7.60 Å². The molecule has 0 unspecified atom stereocenters. The molecule has 40 heavy (non-hydrogen) atoms. The molecule has 0 radical (unpaired) electrons. The number of amides is 2. The van der Waals surface area contributed by atoms with Crippen molar-refractivity contribution in [2.45, 2.75) is 31.6 Å². The minimum atomic E-state index is -3.99. The number of aryl methyl sites for hydroxylation is 2. The molecule has 14 nitrogen and oxygen atoms in total. The minimum Gasteiger partial charge on any atom is -0.493 e. The maximum absolute atomic E-state index is 13.5. The van der Waals surface area contributed by atoms with E-state index in [1.165, 1.54) is 41.4 Å². The van der Waals surface area contributed by atoms with Crippen LogP contribution in [0, 0.1) is 0 Å². The molecule has 0 atom stereocenters. The Hall–Kier alpha value is -2.81. The van der Waals surface area contributed by atoms with E-state index in [0.717, 1.165) is 0 Å². The standard InChI is InChI=1S/C24H37N6O8PS/c1-6-8-19-21(22(23(25)31)28(3)27-19)26-24(32)18-15-17(9-10-20(18)38-7-2)40(34,35)30-13-11-29(12-14-30)16-39(33,36-4)37-5/h9-10,15H,6-8,11-14,16H2,1-5H3,(H2,25,31)(H,26,32). The molecule has 1 aromatic carbocycles. The van der Waals surface area contributed by atoms with Crippen LogP contribution in [0.1, 0.15) is 46.8 Å². The van der Waals surface area contributed by atoms with E-state index in [2.05, 4.69) is 10.4 Å². The van der Waals surface area contributed by atoms with Crippen LogP contribution in [0.2, 0.25) is 0 Å². The molecular weight excluding hydrogens is 563 g/mol. The van der Waals surface area contributed by atoms with E-state index in [0.29, 0.717) is 31.6 Å². The fourth-order valence-corrected chi connectivity index (χ4v) is 7.01. The number of hydrogen-bond acceptors (Lipinski definition) is 10. The molecule has 2 aromatic rings. The van der Waals surface area contributed by atoms with Gasteiger partial charge in [0.2, 0.25) is 10.0 Å². The quantitative estimate of drug-likeness (QED) is 0.323. The number of ether oxygens (including phenoxy) is 1. The predicted molar refractivity (Wildman–Crippen MR) is 148 cm³/mol. The monoisotopic (exact) mass is 600 g/mol. The normalized spacial score (nSPS) is 15.2. The second-order valence-corrected chi connectivity index (χ2v) is 13.3. The SMILES string of the molecule is CCCc1nn(C)c(C(N)=O)c1NC(=O)c1cc(S(=O)(=O)N2CCN(CP(=O)(OC)OC)CC2)ccc1OCC. The molecule has 0 aliphatic carbocycles. The fourth-order valence-electron chi connectivity index (χ4n) is 4.41. The molecule has 16 heteroatoms. The van der Waals surface area contributed by atoms with Crippen LogP contribution in [0.15, 0.2) is 23.1 Å². The average molecular weight is 601 g/mol. The van der Waals surface area contributed by atoms with Crippen molar-refractivity contribution in [3.8, 4) is 5.75 Å². The van der Waals surface area contributed by atoms with E-state index < -0.39 is 29.4 Å². The first-order chi connectivity index (χ1) is 18.9. The number of anilines is 1. The van der Waals surface area contributed by atoms with Gasteiger partial charge in [-0.15, -0.1) is 0 Å². The molecule has 1 saturated heterocycles. The van der Waals surface area contributed by atoms with Gasteiger partial charge in [0, 0.05) is 47.4 Å². The van der Waals surface area contributed by atoms with Gasteiger partial charge >= 0.3 is 7.60 Å². The largest absolute Gasteiger partial charge is 0.493 e. The lowest BCUT2D eigenvalue weighted by molar-refractivity contribution is 0.0992. The van der Waals surface area contributed by atoms with Gasteiger partial charge in [0.05, 0.1) is 28.4 Å². The van der Waals surface area contributed by atoms with Crippen LogP contribution < -0.4 is 15.8 Å². The summed E-state index contributed by atoms with van der Waals surface area (Å²) in [6.07, 6.45) is 1.24. The summed E-state index contributed by atoms with van der Waals surface area (Å²) >= 11 is 0. The van der Waals surface area contributed by atoms with Gasteiger partial charge in [0.25, 0.3) is 11.8 Å². The second-order valence-electron chi connectivity index (χ2n) is 9.09. The van der Waals surface area contributed by atoms with E-state index in [9.17, 15) is 22.6 Å². The summed E-state index contributed by atoms with van der Waals surface area (Å²) in [5.74, 6) is -1.26. The van der Waals surface area contributed by atoms with Crippen LogP contribution in [0.25, 0.3) is 0 Å². The van der Waals surface area contributed by atoms with Crippen molar-refractivity contribution < 1.29 is 36.4 Å². The van der Waals surface area contributed by atoms with E-state index in [1.807, 2.05) is 11.8 Å². The zero-order valence-corrected chi connectivity index (χ0v) is 25.1. The van der Waals surface area contributed by atoms with Crippen LogP contribution in [-0.2, 0) is 37.1 Å². The summed E-state index contributed by atoms with van der Waals surface area (Å²) in [7, 11) is -3.10. The number of rotatable bonds is 13. The molecule has 3 rings (SSSR count). The molecule has 1 aliphatic rings. The van der Waals surface area contributed by atoms with Crippen molar-refractivity contribution in [1.29, 1.82) is 0 Å².